The first-order valence-corrected chi connectivity index (χ1v) is 25.5. The van der Waals surface area contributed by atoms with E-state index in [0.29, 0.717) is 0 Å². The lowest BCUT2D eigenvalue weighted by Crippen LogP contribution is -2.02. The lowest BCUT2D eigenvalue weighted by Gasteiger charge is -2.14. The van der Waals surface area contributed by atoms with Crippen molar-refractivity contribution in [1.82, 2.24) is 29.9 Å². The molecule has 0 unspecified atom stereocenters. The third-order valence-corrected chi connectivity index (χ3v) is 12.8. The van der Waals surface area contributed by atoms with Crippen molar-refractivity contribution in [3.05, 3.63) is 144 Å². The summed E-state index contributed by atoms with van der Waals surface area (Å²) in [5.74, 6) is 0. The molecule has 0 aliphatic heterocycles. The van der Waals surface area contributed by atoms with Crippen LogP contribution >= 0.6 is 0 Å². The molecule has 66 heavy (non-hydrogen) atoms. The van der Waals surface area contributed by atoms with Crippen LogP contribution in [-0.4, -0.2) is 29.9 Å². The topological polar surface area (TPSA) is 77.3 Å². The minimum absolute atomic E-state index is 0.936. The van der Waals surface area contributed by atoms with Crippen LogP contribution in [0, 0.1) is 0 Å². The molecule has 0 amide bonds. The fourth-order valence-corrected chi connectivity index (χ4v) is 8.65. The van der Waals surface area contributed by atoms with Crippen LogP contribution in [0.3, 0.4) is 0 Å². The molecule has 3 heterocycles. The summed E-state index contributed by atoms with van der Waals surface area (Å²) in [6.07, 6.45) is 25.1. The smallest absolute Gasteiger partial charge is 0.0920 e. The molecule has 0 atom stereocenters. The van der Waals surface area contributed by atoms with E-state index in [1.54, 1.807) is 0 Å². The van der Waals surface area contributed by atoms with E-state index < -0.39 is 0 Å². The Labute approximate surface area is 396 Å². The summed E-state index contributed by atoms with van der Waals surface area (Å²) < 4.78 is 0. The third kappa shape index (κ3) is 12.5. The van der Waals surface area contributed by atoms with Crippen LogP contribution < -0.4 is 0 Å². The van der Waals surface area contributed by atoms with Gasteiger partial charge in [0.1, 0.15) is 0 Å². The number of hydrogen-bond donors (Lipinski definition) is 0. The molecule has 7 rings (SSSR count). The summed E-state index contributed by atoms with van der Waals surface area (Å²) in [4.78, 5) is 30.5. The molecular formula is C60H72N6. The lowest BCUT2D eigenvalue weighted by molar-refractivity contribution is 0.750. The second-order valence-corrected chi connectivity index (χ2v) is 18.1. The molecule has 0 radical (unpaired) electrons. The van der Waals surface area contributed by atoms with E-state index in [4.69, 9.17) is 29.9 Å². The summed E-state index contributed by atoms with van der Waals surface area (Å²) in [6, 6.07) is 34.1. The maximum atomic E-state index is 5.20. The number of aryl methyl sites for hydroxylation is 6. The SMILES string of the molecule is CCCCc1cnc(CCCC)c(-c2ccc(-c3cc(-c4ccc(-c5nc(CCCC)cnc5CCCC)cc4)cc(-c4ccc(-c5nc(CCCC)cnc5CCCC)cc4)c3)cc2)n1. The highest BCUT2D eigenvalue weighted by molar-refractivity contribution is 5.83. The van der Waals surface area contributed by atoms with Gasteiger partial charge in [0.05, 0.1) is 51.2 Å². The molecule has 0 fully saturated rings. The summed E-state index contributed by atoms with van der Waals surface area (Å²) in [5.41, 5.74) is 20.0. The Balaban J connectivity index is 1.28. The van der Waals surface area contributed by atoms with E-state index in [9.17, 15) is 0 Å². The maximum Gasteiger partial charge on any atom is 0.0920 e. The van der Waals surface area contributed by atoms with Crippen molar-refractivity contribution >= 4 is 0 Å². The van der Waals surface area contributed by atoms with E-state index in [0.717, 1.165) is 184 Å². The molecule has 6 nitrogen and oxygen atoms in total. The number of aromatic nitrogens is 6. The maximum absolute atomic E-state index is 5.20. The highest BCUT2D eigenvalue weighted by Crippen LogP contribution is 2.36. The van der Waals surface area contributed by atoms with E-state index in [-0.39, 0.29) is 0 Å². The molecule has 0 aliphatic rings. The predicted molar refractivity (Wildman–Crippen MR) is 277 cm³/mol. The Morgan fingerprint density at radius 2 is 0.500 bits per heavy atom. The van der Waals surface area contributed by atoms with Crippen molar-refractivity contribution in [2.24, 2.45) is 0 Å². The van der Waals surface area contributed by atoms with Crippen LogP contribution in [0.1, 0.15) is 153 Å². The number of benzene rings is 4. The summed E-state index contributed by atoms with van der Waals surface area (Å²) in [5, 5.41) is 0. The summed E-state index contributed by atoms with van der Waals surface area (Å²) in [6.45, 7) is 13.4. The molecule has 6 heteroatoms. The van der Waals surface area contributed by atoms with Gasteiger partial charge in [0, 0.05) is 35.3 Å². The van der Waals surface area contributed by atoms with Gasteiger partial charge in [-0.05, 0) is 129 Å². The second kappa shape index (κ2) is 24.6. The number of nitrogens with zero attached hydrogens (tertiary/aromatic N) is 6. The Bertz CT molecular complexity index is 2290. The molecule has 0 aliphatic carbocycles. The molecular weight excluding hydrogens is 805 g/mol. The van der Waals surface area contributed by atoms with Gasteiger partial charge in [-0.25, -0.2) is 15.0 Å². The molecule has 0 spiro atoms. The van der Waals surface area contributed by atoms with E-state index in [2.05, 4.69) is 133 Å². The van der Waals surface area contributed by atoms with Gasteiger partial charge >= 0.3 is 0 Å². The molecule has 0 saturated heterocycles. The van der Waals surface area contributed by atoms with Crippen LogP contribution in [0.25, 0.3) is 67.2 Å². The standard InChI is InChI=1S/C60H72N6/c1-7-13-19-52-40-61-55(22-16-10-4)58(64-52)46-31-25-43(26-32-46)49-37-50(44-27-33-47(34-28-44)59-56(23-17-11-5)62-41-53(65-59)20-14-8-2)39-51(38-49)45-29-35-48(36-30-45)60-57(24-18-12-6)63-42-54(66-60)21-15-9-3/h25-42H,7-24H2,1-6H3. The van der Waals surface area contributed by atoms with Gasteiger partial charge in [0.2, 0.25) is 0 Å². The fourth-order valence-electron chi connectivity index (χ4n) is 8.65. The van der Waals surface area contributed by atoms with Gasteiger partial charge in [-0.15, -0.1) is 0 Å². The van der Waals surface area contributed by atoms with Crippen molar-refractivity contribution in [3.8, 4) is 67.2 Å². The zero-order valence-corrected chi connectivity index (χ0v) is 40.8. The fraction of sp³-hybridized carbons (Fsp3) is 0.400. The lowest BCUT2D eigenvalue weighted by atomic mass is 9.91. The zero-order valence-electron chi connectivity index (χ0n) is 40.8. The van der Waals surface area contributed by atoms with Crippen LogP contribution in [-0.2, 0) is 38.5 Å². The number of rotatable bonds is 24. The van der Waals surface area contributed by atoms with Crippen LogP contribution in [0.5, 0.6) is 0 Å². The van der Waals surface area contributed by atoms with Gasteiger partial charge in [-0.3, -0.25) is 15.0 Å². The predicted octanol–water partition coefficient (Wildman–Crippen LogP) is 16.1. The molecule has 0 N–H and O–H groups in total. The van der Waals surface area contributed by atoms with Crippen molar-refractivity contribution in [2.75, 3.05) is 0 Å². The molecule has 0 saturated carbocycles. The minimum atomic E-state index is 0.936. The Kier molecular flexibility index (Phi) is 17.9. The normalized spacial score (nSPS) is 11.4. The molecule has 7 aromatic rings. The van der Waals surface area contributed by atoms with Gasteiger partial charge < -0.3 is 0 Å². The quantitative estimate of drug-likeness (QED) is 0.0602. The van der Waals surface area contributed by atoms with E-state index in [1.165, 1.54) is 33.4 Å². The van der Waals surface area contributed by atoms with Crippen molar-refractivity contribution in [1.29, 1.82) is 0 Å². The molecule has 342 valence electrons. The van der Waals surface area contributed by atoms with Gasteiger partial charge in [-0.1, -0.05) is 153 Å². The Morgan fingerprint density at radius 1 is 0.273 bits per heavy atom. The molecule has 4 aromatic carbocycles. The third-order valence-electron chi connectivity index (χ3n) is 12.8. The first kappa shape index (κ1) is 48.1. The average molecular weight is 877 g/mol. The second-order valence-electron chi connectivity index (χ2n) is 18.1. The zero-order chi connectivity index (χ0) is 46.1. The van der Waals surface area contributed by atoms with E-state index >= 15 is 0 Å². The first-order valence-electron chi connectivity index (χ1n) is 25.5. The average Bonchev–Trinajstić information content (AvgIpc) is 3.37. The highest BCUT2D eigenvalue weighted by atomic mass is 14.8. The number of hydrogen-bond acceptors (Lipinski definition) is 6. The van der Waals surface area contributed by atoms with Crippen molar-refractivity contribution in [2.45, 2.75) is 157 Å². The molecule has 0 bridgehead atoms. The minimum Gasteiger partial charge on any atom is -0.257 e. The number of unbranched alkanes of at least 4 members (excludes halogenated alkanes) is 6. The first-order chi connectivity index (χ1) is 32.4. The van der Waals surface area contributed by atoms with Crippen LogP contribution in [0.4, 0.5) is 0 Å². The van der Waals surface area contributed by atoms with E-state index in [1.807, 2.05) is 18.6 Å². The summed E-state index contributed by atoms with van der Waals surface area (Å²) in [7, 11) is 0. The van der Waals surface area contributed by atoms with Gasteiger partial charge in [0.15, 0.2) is 0 Å². The van der Waals surface area contributed by atoms with Gasteiger partial charge in [0.25, 0.3) is 0 Å². The molecule has 3 aromatic heterocycles. The van der Waals surface area contributed by atoms with Crippen LogP contribution in [0.15, 0.2) is 110 Å². The van der Waals surface area contributed by atoms with Gasteiger partial charge in [-0.2, -0.15) is 0 Å². The Morgan fingerprint density at radius 3 is 0.742 bits per heavy atom. The Hall–Kier alpha value is -5.88. The summed E-state index contributed by atoms with van der Waals surface area (Å²) >= 11 is 0. The van der Waals surface area contributed by atoms with Crippen molar-refractivity contribution in [3.63, 3.8) is 0 Å². The highest BCUT2D eigenvalue weighted by Gasteiger charge is 2.16. The largest absolute Gasteiger partial charge is 0.257 e. The monoisotopic (exact) mass is 877 g/mol. The van der Waals surface area contributed by atoms with Crippen LogP contribution in [0.2, 0.25) is 0 Å². The van der Waals surface area contributed by atoms with Crippen molar-refractivity contribution < 1.29 is 0 Å².